The highest BCUT2D eigenvalue weighted by Crippen LogP contribution is 2.29. The lowest BCUT2D eigenvalue weighted by Gasteiger charge is -2.39. The zero-order valence-electron chi connectivity index (χ0n) is 12.7. The molecule has 4 nitrogen and oxygen atoms in total. The number of nitrogens with one attached hydrogen (secondary N) is 1. The van der Waals surface area contributed by atoms with Gasteiger partial charge >= 0.3 is 0 Å². The van der Waals surface area contributed by atoms with Gasteiger partial charge in [0.15, 0.2) is 0 Å². The van der Waals surface area contributed by atoms with Crippen LogP contribution in [0, 0.1) is 11.7 Å². The van der Waals surface area contributed by atoms with Crippen LogP contribution < -0.4 is 11.1 Å². The maximum atomic E-state index is 13.1. The standard InChI is InChI=1S/C16H24FN3O/c1-11(18)15(12-3-5-14(17)6-4-12)20-9-7-13(8-10-20)16(21)19-2/h3-6,11,13,15H,7-10,18H2,1-2H3,(H,19,21). The van der Waals surface area contributed by atoms with Gasteiger partial charge in [-0.15, -0.1) is 0 Å². The summed E-state index contributed by atoms with van der Waals surface area (Å²) in [5.41, 5.74) is 7.18. The summed E-state index contributed by atoms with van der Waals surface area (Å²) in [7, 11) is 1.68. The minimum atomic E-state index is -0.236. The van der Waals surface area contributed by atoms with Crippen LogP contribution in [-0.4, -0.2) is 37.0 Å². The molecule has 0 bridgehead atoms. The lowest BCUT2D eigenvalue weighted by Crippen LogP contribution is -2.45. The molecule has 1 aromatic rings. The van der Waals surface area contributed by atoms with Crippen LogP contribution >= 0.6 is 0 Å². The van der Waals surface area contributed by atoms with E-state index in [0.717, 1.165) is 31.5 Å². The molecule has 0 aliphatic carbocycles. The van der Waals surface area contributed by atoms with Crippen molar-refractivity contribution in [3.8, 4) is 0 Å². The predicted octanol–water partition coefficient (Wildman–Crippen LogP) is 1.67. The molecule has 1 aromatic carbocycles. The van der Waals surface area contributed by atoms with Crippen LogP contribution in [-0.2, 0) is 4.79 Å². The van der Waals surface area contributed by atoms with Crippen molar-refractivity contribution in [2.75, 3.05) is 20.1 Å². The number of benzene rings is 1. The number of likely N-dealkylation sites (tertiary alicyclic amines) is 1. The van der Waals surface area contributed by atoms with Gasteiger partial charge in [0.25, 0.3) is 0 Å². The van der Waals surface area contributed by atoms with Gasteiger partial charge < -0.3 is 11.1 Å². The van der Waals surface area contributed by atoms with E-state index >= 15 is 0 Å². The molecule has 0 radical (unpaired) electrons. The van der Waals surface area contributed by atoms with E-state index < -0.39 is 0 Å². The van der Waals surface area contributed by atoms with Crippen LogP contribution in [0.2, 0.25) is 0 Å². The second kappa shape index (κ2) is 7.00. The third-order valence-corrected chi connectivity index (χ3v) is 4.25. The Hall–Kier alpha value is -1.46. The van der Waals surface area contributed by atoms with E-state index in [4.69, 9.17) is 5.73 Å². The summed E-state index contributed by atoms with van der Waals surface area (Å²) in [4.78, 5) is 14.0. The first kappa shape index (κ1) is 15.9. The Bertz CT molecular complexity index is 467. The Kier molecular flexibility index (Phi) is 5.31. The topological polar surface area (TPSA) is 58.4 Å². The van der Waals surface area contributed by atoms with E-state index in [1.54, 1.807) is 19.2 Å². The Morgan fingerprint density at radius 2 is 1.90 bits per heavy atom. The highest BCUT2D eigenvalue weighted by Gasteiger charge is 2.30. The Labute approximate surface area is 125 Å². The van der Waals surface area contributed by atoms with E-state index in [1.165, 1.54) is 12.1 Å². The quantitative estimate of drug-likeness (QED) is 0.888. The number of carbonyl (C=O) groups is 1. The molecule has 2 atom stereocenters. The molecular formula is C16H24FN3O. The van der Waals surface area contributed by atoms with Gasteiger partial charge in [-0.1, -0.05) is 12.1 Å². The Morgan fingerprint density at radius 1 is 1.33 bits per heavy atom. The number of rotatable bonds is 4. The van der Waals surface area contributed by atoms with Crippen molar-refractivity contribution in [3.05, 3.63) is 35.6 Å². The van der Waals surface area contributed by atoms with E-state index in [1.807, 2.05) is 6.92 Å². The van der Waals surface area contributed by atoms with Crippen molar-refractivity contribution in [2.45, 2.75) is 31.8 Å². The second-order valence-corrected chi connectivity index (χ2v) is 5.78. The molecule has 21 heavy (non-hydrogen) atoms. The fraction of sp³-hybridized carbons (Fsp3) is 0.562. The number of amides is 1. The van der Waals surface area contributed by atoms with Gasteiger partial charge in [0.05, 0.1) is 0 Å². The maximum absolute atomic E-state index is 13.1. The molecule has 1 heterocycles. The van der Waals surface area contributed by atoms with E-state index in [-0.39, 0.29) is 29.7 Å². The van der Waals surface area contributed by atoms with Crippen molar-refractivity contribution < 1.29 is 9.18 Å². The molecule has 1 aliphatic heterocycles. The van der Waals surface area contributed by atoms with Crippen molar-refractivity contribution in [2.24, 2.45) is 11.7 Å². The second-order valence-electron chi connectivity index (χ2n) is 5.78. The van der Waals surface area contributed by atoms with Gasteiger partial charge in [-0.2, -0.15) is 0 Å². The smallest absolute Gasteiger partial charge is 0.222 e. The van der Waals surface area contributed by atoms with Gasteiger partial charge in [-0.25, -0.2) is 4.39 Å². The van der Waals surface area contributed by atoms with Crippen LogP contribution in [0.3, 0.4) is 0 Å². The normalized spacial score (nSPS) is 20.0. The van der Waals surface area contributed by atoms with Crippen molar-refractivity contribution in [3.63, 3.8) is 0 Å². The summed E-state index contributed by atoms with van der Waals surface area (Å²) < 4.78 is 13.1. The van der Waals surface area contributed by atoms with Gasteiger partial charge in [0, 0.05) is 25.0 Å². The number of hydrogen-bond acceptors (Lipinski definition) is 3. The average Bonchev–Trinajstić information content (AvgIpc) is 2.49. The lowest BCUT2D eigenvalue weighted by atomic mass is 9.91. The summed E-state index contributed by atoms with van der Waals surface area (Å²) in [6, 6.07) is 6.56. The molecule has 2 unspecified atom stereocenters. The van der Waals surface area contributed by atoms with E-state index in [9.17, 15) is 9.18 Å². The molecule has 3 N–H and O–H groups in total. The third kappa shape index (κ3) is 3.80. The van der Waals surface area contributed by atoms with Crippen molar-refractivity contribution in [1.82, 2.24) is 10.2 Å². The molecule has 1 fully saturated rings. The van der Waals surface area contributed by atoms with Crippen molar-refractivity contribution in [1.29, 1.82) is 0 Å². The summed E-state index contributed by atoms with van der Waals surface area (Å²) in [6.07, 6.45) is 1.67. The first-order valence-electron chi connectivity index (χ1n) is 7.49. The zero-order chi connectivity index (χ0) is 15.4. The first-order chi connectivity index (χ1) is 10.0. The molecule has 116 valence electrons. The zero-order valence-corrected chi connectivity index (χ0v) is 12.7. The van der Waals surface area contributed by atoms with Gasteiger partial charge in [-0.3, -0.25) is 9.69 Å². The van der Waals surface area contributed by atoms with Crippen LogP contribution in [0.25, 0.3) is 0 Å². The molecule has 2 rings (SSSR count). The minimum Gasteiger partial charge on any atom is -0.359 e. The van der Waals surface area contributed by atoms with Crippen LogP contribution in [0.4, 0.5) is 4.39 Å². The average molecular weight is 293 g/mol. The molecule has 1 saturated heterocycles. The molecule has 0 spiro atoms. The minimum absolute atomic E-state index is 0.0491. The van der Waals surface area contributed by atoms with Crippen LogP contribution in [0.5, 0.6) is 0 Å². The lowest BCUT2D eigenvalue weighted by molar-refractivity contribution is -0.126. The number of nitrogens with two attached hydrogens (primary N) is 1. The van der Waals surface area contributed by atoms with Gasteiger partial charge in [0.2, 0.25) is 5.91 Å². The highest BCUT2D eigenvalue weighted by molar-refractivity contribution is 5.78. The molecule has 1 amide bonds. The first-order valence-corrected chi connectivity index (χ1v) is 7.49. The maximum Gasteiger partial charge on any atom is 0.222 e. The number of carbonyl (C=O) groups excluding carboxylic acids is 1. The molecule has 1 aliphatic rings. The monoisotopic (exact) mass is 293 g/mol. The Morgan fingerprint density at radius 3 is 2.38 bits per heavy atom. The number of piperidine rings is 1. The third-order valence-electron chi connectivity index (χ3n) is 4.25. The van der Waals surface area contributed by atoms with Crippen LogP contribution in [0.1, 0.15) is 31.4 Å². The SMILES string of the molecule is CNC(=O)C1CCN(C(c2ccc(F)cc2)C(C)N)CC1. The summed E-state index contributed by atoms with van der Waals surface area (Å²) in [5.74, 6) is -0.0255. The fourth-order valence-corrected chi connectivity index (χ4v) is 3.15. The molecule has 0 aromatic heterocycles. The largest absolute Gasteiger partial charge is 0.359 e. The molecule has 0 saturated carbocycles. The Balaban J connectivity index is 2.07. The van der Waals surface area contributed by atoms with Crippen molar-refractivity contribution >= 4 is 5.91 Å². The predicted molar refractivity (Wildman–Crippen MR) is 81.2 cm³/mol. The number of nitrogens with zero attached hydrogens (tertiary/aromatic N) is 1. The molecule has 5 heteroatoms. The number of hydrogen-bond donors (Lipinski definition) is 2. The fourth-order valence-electron chi connectivity index (χ4n) is 3.15. The number of halogens is 1. The summed E-state index contributed by atoms with van der Waals surface area (Å²) in [5, 5.41) is 2.72. The summed E-state index contributed by atoms with van der Waals surface area (Å²) in [6.45, 7) is 3.64. The van der Waals surface area contributed by atoms with E-state index in [2.05, 4.69) is 10.2 Å². The van der Waals surface area contributed by atoms with E-state index in [0.29, 0.717) is 0 Å². The van der Waals surface area contributed by atoms with Gasteiger partial charge in [-0.05, 0) is 50.6 Å². The summed E-state index contributed by atoms with van der Waals surface area (Å²) >= 11 is 0. The van der Waals surface area contributed by atoms with Crippen LogP contribution in [0.15, 0.2) is 24.3 Å². The van der Waals surface area contributed by atoms with Gasteiger partial charge in [0.1, 0.15) is 5.82 Å². The highest BCUT2D eigenvalue weighted by atomic mass is 19.1. The molecular weight excluding hydrogens is 269 g/mol.